The highest BCUT2D eigenvalue weighted by Gasteiger charge is 2.47. The molecule has 12 atom stereocenters. The van der Waals surface area contributed by atoms with Crippen LogP contribution >= 0.6 is 0 Å². The molecule has 1 rings (SSSR count). The van der Waals surface area contributed by atoms with E-state index in [-0.39, 0.29) is 32.7 Å². The second-order valence-electron chi connectivity index (χ2n) is 13.2. The van der Waals surface area contributed by atoms with Crippen molar-refractivity contribution < 1.29 is 74.4 Å². The second kappa shape index (κ2) is 22.2. The van der Waals surface area contributed by atoms with Crippen molar-refractivity contribution in [1.82, 2.24) is 0 Å². The molecule has 3 unspecified atom stereocenters. The number of ether oxygens (including phenoxy) is 5. The van der Waals surface area contributed by atoms with E-state index in [0.29, 0.717) is 12.0 Å². The van der Waals surface area contributed by atoms with Gasteiger partial charge in [-0.3, -0.25) is 4.79 Å². The van der Waals surface area contributed by atoms with Crippen molar-refractivity contribution in [3.05, 3.63) is 34.9 Å². The molecule has 49 heavy (non-hydrogen) atoms. The van der Waals surface area contributed by atoms with Crippen LogP contribution in [0.4, 0.5) is 0 Å². The summed E-state index contributed by atoms with van der Waals surface area (Å²) in [4.78, 5) is 12.2. The van der Waals surface area contributed by atoms with Crippen molar-refractivity contribution in [3.8, 4) is 0 Å². The fourth-order valence-corrected chi connectivity index (χ4v) is 5.03. The predicted molar refractivity (Wildman–Crippen MR) is 177 cm³/mol. The van der Waals surface area contributed by atoms with Gasteiger partial charge in [0.25, 0.3) is 0 Å². The van der Waals surface area contributed by atoms with Gasteiger partial charge in [-0.05, 0) is 60.0 Å². The Morgan fingerprint density at radius 2 is 1.51 bits per heavy atom. The monoisotopic (exact) mass is 708 g/mol. The van der Waals surface area contributed by atoms with Gasteiger partial charge in [-0.15, -0.1) is 0 Å². The summed E-state index contributed by atoms with van der Waals surface area (Å²) >= 11 is 0. The van der Waals surface area contributed by atoms with Crippen molar-refractivity contribution in [3.63, 3.8) is 0 Å². The standard InChI is InChI=1S/C34H60O15/c1-19(2)9-8-12-34(7,44)27(49-33-31(43)30(42)29(41)26(17-36)48-33)15-25(47-22(6)37)21(5)11-14-46-32(28(40)23(38)16-35)24(39)18-45-13-10-20(3)4/h9-11,23-33,35-36,38-44H,8,12-18H2,1-7H3/t23-,24-,25?,26-,27?,28-,29-,30+,31+,32-,33+,34?/m1/s1. The molecule has 0 amide bonds. The first-order valence-electron chi connectivity index (χ1n) is 16.5. The van der Waals surface area contributed by atoms with Crippen LogP contribution in [0, 0.1) is 0 Å². The molecule has 1 heterocycles. The zero-order valence-electron chi connectivity index (χ0n) is 29.7. The molecule has 15 nitrogen and oxygen atoms in total. The summed E-state index contributed by atoms with van der Waals surface area (Å²) in [5.41, 5.74) is 0.794. The van der Waals surface area contributed by atoms with Crippen LogP contribution in [-0.4, -0.2) is 158 Å². The third-order valence-corrected chi connectivity index (χ3v) is 8.18. The fourth-order valence-electron chi connectivity index (χ4n) is 5.03. The lowest BCUT2D eigenvalue weighted by Gasteiger charge is -2.43. The molecule has 0 saturated carbocycles. The van der Waals surface area contributed by atoms with Crippen molar-refractivity contribution in [2.45, 2.75) is 141 Å². The van der Waals surface area contributed by atoms with Gasteiger partial charge >= 0.3 is 5.97 Å². The highest BCUT2D eigenvalue weighted by molar-refractivity contribution is 5.66. The summed E-state index contributed by atoms with van der Waals surface area (Å²) in [5, 5.41) is 93.1. The Kier molecular flexibility index (Phi) is 20.5. The largest absolute Gasteiger partial charge is 0.458 e. The minimum Gasteiger partial charge on any atom is -0.458 e. The minimum absolute atomic E-state index is 0.166. The van der Waals surface area contributed by atoms with Crippen LogP contribution < -0.4 is 0 Å². The Labute approximate surface area is 289 Å². The number of rotatable bonds is 22. The molecule has 1 fully saturated rings. The minimum atomic E-state index is -1.75. The number of carbonyl (C=O) groups is 1. The van der Waals surface area contributed by atoms with Crippen molar-refractivity contribution in [2.24, 2.45) is 0 Å². The van der Waals surface area contributed by atoms with Crippen LogP contribution in [0.1, 0.15) is 67.7 Å². The molecule has 0 spiro atoms. The van der Waals surface area contributed by atoms with Gasteiger partial charge < -0.3 is 69.6 Å². The number of carbonyl (C=O) groups excluding carboxylic acids is 1. The number of hydrogen-bond donors (Lipinski definition) is 9. The molecule has 286 valence electrons. The van der Waals surface area contributed by atoms with E-state index in [4.69, 9.17) is 23.7 Å². The first-order valence-corrected chi connectivity index (χ1v) is 16.5. The molecule has 1 saturated heterocycles. The van der Waals surface area contributed by atoms with Crippen LogP contribution in [0.25, 0.3) is 0 Å². The van der Waals surface area contributed by atoms with E-state index in [2.05, 4.69) is 0 Å². The quantitative estimate of drug-likeness (QED) is 0.0387. The average Bonchev–Trinajstić information content (AvgIpc) is 3.02. The Balaban J connectivity index is 3.32. The number of allylic oxidation sites excluding steroid dienone is 3. The topological polar surface area (TPSA) is 245 Å². The SMILES string of the molecule is CC(=O)OC(CC(O[C@@H]1O[C@H](CO)[C@@H](O)[C@H](O)[C@@H]1O)C(C)(O)CCC=C(C)C)C(C)=CCO[C@@H]([C@H](O)[C@H](O)CO)[C@H](O)COCC=C(C)C. The first-order chi connectivity index (χ1) is 22.9. The Bertz CT molecular complexity index is 1050. The molecule has 1 aliphatic rings. The number of aliphatic hydroxyl groups excluding tert-OH is 8. The van der Waals surface area contributed by atoms with Gasteiger partial charge in [-0.25, -0.2) is 0 Å². The molecule has 0 bridgehead atoms. The van der Waals surface area contributed by atoms with Crippen LogP contribution in [-0.2, 0) is 28.5 Å². The lowest BCUT2D eigenvalue weighted by atomic mass is 9.87. The van der Waals surface area contributed by atoms with Gasteiger partial charge in [0.2, 0.25) is 0 Å². The molecule has 0 aromatic carbocycles. The van der Waals surface area contributed by atoms with Gasteiger partial charge in [0.1, 0.15) is 54.9 Å². The predicted octanol–water partition coefficient (Wildman–Crippen LogP) is -0.620. The van der Waals surface area contributed by atoms with E-state index in [1.54, 1.807) is 13.0 Å². The highest BCUT2D eigenvalue weighted by atomic mass is 16.7. The average molecular weight is 709 g/mol. The molecular formula is C34H60O15. The fraction of sp³-hybridized carbons (Fsp3) is 0.794. The summed E-state index contributed by atoms with van der Waals surface area (Å²) in [7, 11) is 0. The van der Waals surface area contributed by atoms with Gasteiger partial charge in [0.05, 0.1) is 44.7 Å². The number of esters is 1. The molecule has 0 radical (unpaired) electrons. The highest BCUT2D eigenvalue weighted by Crippen LogP contribution is 2.31. The number of aliphatic hydroxyl groups is 9. The van der Waals surface area contributed by atoms with E-state index in [9.17, 15) is 50.8 Å². The van der Waals surface area contributed by atoms with E-state index in [0.717, 1.165) is 11.1 Å². The van der Waals surface area contributed by atoms with E-state index in [1.165, 1.54) is 19.9 Å². The molecule has 15 heteroatoms. The Morgan fingerprint density at radius 1 is 0.878 bits per heavy atom. The summed E-state index contributed by atoms with van der Waals surface area (Å²) in [5.74, 6) is -0.669. The van der Waals surface area contributed by atoms with Gasteiger partial charge in [0.15, 0.2) is 6.29 Å². The lowest BCUT2D eigenvalue weighted by molar-refractivity contribution is -0.324. The number of hydrogen-bond acceptors (Lipinski definition) is 15. The van der Waals surface area contributed by atoms with Crippen molar-refractivity contribution in [1.29, 1.82) is 0 Å². The zero-order chi connectivity index (χ0) is 37.5. The maximum Gasteiger partial charge on any atom is 0.303 e. The summed E-state index contributed by atoms with van der Waals surface area (Å²) in [6.07, 6.45) is -10.7. The zero-order valence-corrected chi connectivity index (χ0v) is 29.7. The normalized spacial score (nSPS) is 26.4. The molecule has 0 aliphatic carbocycles. The maximum absolute atomic E-state index is 12.2. The van der Waals surface area contributed by atoms with Crippen LogP contribution in [0.2, 0.25) is 0 Å². The van der Waals surface area contributed by atoms with Gasteiger partial charge in [-0.2, -0.15) is 0 Å². The third kappa shape index (κ3) is 15.5. The van der Waals surface area contributed by atoms with E-state index >= 15 is 0 Å². The summed E-state index contributed by atoms with van der Waals surface area (Å²) in [6, 6.07) is 0. The Morgan fingerprint density at radius 3 is 2.06 bits per heavy atom. The molecule has 9 N–H and O–H groups in total. The summed E-state index contributed by atoms with van der Waals surface area (Å²) in [6.45, 7) is 10.0. The van der Waals surface area contributed by atoms with Crippen LogP contribution in [0.3, 0.4) is 0 Å². The van der Waals surface area contributed by atoms with Crippen LogP contribution in [0.15, 0.2) is 34.9 Å². The van der Waals surface area contributed by atoms with Crippen molar-refractivity contribution in [2.75, 3.05) is 33.0 Å². The van der Waals surface area contributed by atoms with Gasteiger partial charge in [0, 0.05) is 13.3 Å². The van der Waals surface area contributed by atoms with Gasteiger partial charge in [-0.1, -0.05) is 29.4 Å². The van der Waals surface area contributed by atoms with E-state index in [1.807, 2.05) is 33.8 Å². The third-order valence-electron chi connectivity index (χ3n) is 8.18. The Hall–Kier alpha value is -1.83. The molecule has 1 aliphatic heterocycles. The lowest BCUT2D eigenvalue weighted by Crippen LogP contribution is -2.61. The molecular weight excluding hydrogens is 648 g/mol. The smallest absolute Gasteiger partial charge is 0.303 e. The second-order valence-corrected chi connectivity index (χ2v) is 13.2. The first kappa shape index (κ1) is 45.2. The maximum atomic E-state index is 12.2. The van der Waals surface area contributed by atoms with E-state index < -0.39 is 92.1 Å². The molecule has 0 aromatic heterocycles. The molecule has 0 aromatic rings. The summed E-state index contributed by atoms with van der Waals surface area (Å²) < 4.78 is 28.3. The van der Waals surface area contributed by atoms with Crippen LogP contribution in [0.5, 0.6) is 0 Å². The van der Waals surface area contributed by atoms with Crippen molar-refractivity contribution >= 4 is 5.97 Å².